The molecule has 0 aliphatic heterocycles. The minimum absolute atomic E-state index is 0.0170. The molecule has 3 aromatic rings. The Hall–Kier alpha value is -2.54. The fraction of sp³-hybridized carbons (Fsp3) is 0.200. The molecule has 0 bridgehead atoms. The Labute approximate surface area is 136 Å². The van der Waals surface area contributed by atoms with Gasteiger partial charge in [0.1, 0.15) is 5.82 Å². The second-order valence-electron chi connectivity index (χ2n) is 5.13. The molecule has 0 unspecified atom stereocenters. The molecule has 0 saturated carbocycles. The largest absolute Gasteiger partial charge is 0.326 e. The highest BCUT2D eigenvalue weighted by atomic mass is 35.5. The van der Waals surface area contributed by atoms with E-state index >= 15 is 0 Å². The molecule has 118 valence electrons. The third kappa shape index (κ3) is 3.29. The van der Waals surface area contributed by atoms with Gasteiger partial charge in [-0.25, -0.2) is 13.9 Å². The van der Waals surface area contributed by atoms with Crippen LogP contribution in [0.25, 0.3) is 5.78 Å². The summed E-state index contributed by atoms with van der Waals surface area (Å²) in [4.78, 5) is 20.6. The topological polar surface area (TPSA) is 72.2 Å². The van der Waals surface area contributed by atoms with Crippen molar-refractivity contribution in [1.29, 1.82) is 0 Å². The number of rotatable bonds is 3. The molecule has 8 heteroatoms. The quantitative estimate of drug-likeness (QED) is 0.800. The van der Waals surface area contributed by atoms with Crippen LogP contribution in [-0.4, -0.2) is 25.5 Å². The van der Waals surface area contributed by atoms with Crippen LogP contribution >= 0.6 is 11.6 Å². The maximum Gasteiger partial charge on any atom is 0.252 e. The van der Waals surface area contributed by atoms with Crippen molar-refractivity contribution >= 4 is 29.0 Å². The number of fused-ring (bicyclic) bond motifs is 1. The van der Waals surface area contributed by atoms with Gasteiger partial charge in [-0.2, -0.15) is 4.98 Å². The number of hydrogen-bond donors (Lipinski definition) is 1. The van der Waals surface area contributed by atoms with Crippen LogP contribution in [-0.2, 0) is 11.2 Å². The summed E-state index contributed by atoms with van der Waals surface area (Å²) in [5, 5.41) is 6.84. The minimum Gasteiger partial charge on any atom is -0.326 e. The molecule has 0 saturated heterocycles. The van der Waals surface area contributed by atoms with Gasteiger partial charge in [0.2, 0.25) is 5.91 Å². The summed E-state index contributed by atoms with van der Waals surface area (Å²) in [6, 6.07) is 5.86. The maximum absolute atomic E-state index is 13.1. The van der Waals surface area contributed by atoms with Gasteiger partial charge in [-0.05, 0) is 38.1 Å². The molecule has 0 fully saturated rings. The van der Waals surface area contributed by atoms with Gasteiger partial charge in [0, 0.05) is 17.1 Å². The van der Waals surface area contributed by atoms with Gasteiger partial charge in [0.15, 0.2) is 5.82 Å². The molecule has 23 heavy (non-hydrogen) atoms. The van der Waals surface area contributed by atoms with Crippen molar-refractivity contribution in [2.45, 2.75) is 20.3 Å². The Bertz CT molecular complexity index is 908. The summed E-state index contributed by atoms with van der Waals surface area (Å²) in [6.07, 6.45) is -0.0170. The SMILES string of the molecule is Cc1cc(C)n2nc(CC(=O)Nc3ccc(F)c(Cl)c3)nc2n1. The van der Waals surface area contributed by atoms with Crippen LogP contribution in [0.3, 0.4) is 0 Å². The number of anilines is 1. The molecule has 0 aliphatic carbocycles. The Kier molecular flexibility index (Phi) is 3.96. The van der Waals surface area contributed by atoms with Crippen LogP contribution in [0.4, 0.5) is 10.1 Å². The van der Waals surface area contributed by atoms with E-state index in [9.17, 15) is 9.18 Å². The number of hydrogen-bond acceptors (Lipinski definition) is 4. The van der Waals surface area contributed by atoms with E-state index in [0.29, 0.717) is 17.3 Å². The first-order valence-electron chi connectivity index (χ1n) is 6.87. The first-order valence-corrected chi connectivity index (χ1v) is 7.25. The van der Waals surface area contributed by atoms with Crippen molar-refractivity contribution < 1.29 is 9.18 Å². The van der Waals surface area contributed by atoms with Crippen molar-refractivity contribution in [3.63, 3.8) is 0 Å². The predicted octanol–water partition coefficient (Wildman–Crippen LogP) is 2.71. The molecular formula is C15H13ClFN5O. The maximum atomic E-state index is 13.1. The number of carbonyl (C=O) groups excluding carboxylic acids is 1. The van der Waals surface area contributed by atoms with Gasteiger partial charge >= 0.3 is 0 Å². The molecule has 0 spiro atoms. The molecule has 0 atom stereocenters. The zero-order valence-electron chi connectivity index (χ0n) is 12.5. The van der Waals surface area contributed by atoms with Crippen LogP contribution in [0.5, 0.6) is 0 Å². The summed E-state index contributed by atoms with van der Waals surface area (Å²) in [6.45, 7) is 3.76. The molecule has 1 N–H and O–H groups in total. The van der Waals surface area contributed by atoms with E-state index in [-0.39, 0.29) is 17.4 Å². The zero-order valence-corrected chi connectivity index (χ0v) is 13.2. The summed E-state index contributed by atoms with van der Waals surface area (Å²) >= 11 is 5.68. The molecule has 3 rings (SSSR count). The number of aryl methyl sites for hydroxylation is 2. The van der Waals surface area contributed by atoms with E-state index in [2.05, 4.69) is 20.4 Å². The molecule has 1 aromatic carbocycles. The normalized spacial score (nSPS) is 11.0. The smallest absolute Gasteiger partial charge is 0.252 e. The lowest BCUT2D eigenvalue weighted by atomic mass is 10.3. The average Bonchev–Trinajstić information content (AvgIpc) is 2.85. The molecule has 2 heterocycles. The van der Waals surface area contributed by atoms with Crippen molar-refractivity contribution in [2.24, 2.45) is 0 Å². The number of amides is 1. The molecule has 2 aromatic heterocycles. The van der Waals surface area contributed by atoms with Gasteiger partial charge in [0.25, 0.3) is 5.78 Å². The van der Waals surface area contributed by atoms with E-state index in [0.717, 1.165) is 11.4 Å². The highest BCUT2D eigenvalue weighted by Crippen LogP contribution is 2.19. The third-order valence-corrected chi connectivity index (χ3v) is 3.47. The molecule has 1 amide bonds. The second kappa shape index (κ2) is 5.92. The lowest BCUT2D eigenvalue weighted by Crippen LogP contribution is -2.15. The average molecular weight is 334 g/mol. The summed E-state index contributed by atoms with van der Waals surface area (Å²) in [5.74, 6) is -0.0476. The lowest BCUT2D eigenvalue weighted by molar-refractivity contribution is -0.115. The van der Waals surface area contributed by atoms with Crippen molar-refractivity contribution in [1.82, 2.24) is 19.6 Å². The predicted molar refractivity (Wildman–Crippen MR) is 84.0 cm³/mol. The number of halogens is 2. The first kappa shape index (κ1) is 15.4. The van der Waals surface area contributed by atoms with Crippen LogP contribution in [0, 0.1) is 19.7 Å². The molecule has 6 nitrogen and oxygen atoms in total. The van der Waals surface area contributed by atoms with Gasteiger partial charge in [-0.15, -0.1) is 5.10 Å². The van der Waals surface area contributed by atoms with Crippen LogP contribution in [0.2, 0.25) is 5.02 Å². The molecule has 0 aliphatic rings. The van der Waals surface area contributed by atoms with E-state index in [1.165, 1.54) is 18.2 Å². The Morgan fingerprint density at radius 3 is 2.83 bits per heavy atom. The lowest BCUT2D eigenvalue weighted by Gasteiger charge is -2.04. The Morgan fingerprint density at radius 1 is 1.30 bits per heavy atom. The van der Waals surface area contributed by atoms with E-state index in [1.807, 2.05) is 19.9 Å². The fourth-order valence-corrected chi connectivity index (χ4v) is 2.39. The van der Waals surface area contributed by atoms with Gasteiger partial charge in [0.05, 0.1) is 11.4 Å². The summed E-state index contributed by atoms with van der Waals surface area (Å²) < 4.78 is 14.7. The van der Waals surface area contributed by atoms with Crippen molar-refractivity contribution in [3.05, 3.63) is 52.3 Å². The first-order chi connectivity index (χ1) is 10.9. The minimum atomic E-state index is -0.538. The van der Waals surface area contributed by atoms with Crippen molar-refractivity contribution in [2.75, 3.05) is 5.32 Å². The number of carbonyl (C=O) groups is 1. The second-order valence-corrected chi connectivity index (χ2v) is 5.54. The third-order valence-electron chi connectivity index (χ3n) is 3.18. The number of nitrogens with zero attached hydrogens (tertiary/aromatic N) is 4. The van der Waals surface area contributed by atoms with Gasteiger partial charge in [-0.3, -0.25) is 4.79 Å². The summed E-state index contributed by atoms with van der Waals surface area (Å²) in [5.41, 5.74) is 2.13. The van der Waals surface area contributed by atoms with Gasteiger partial charge < -0.3 is 5.32 Å². The number of benzene rings is 1. The van der Waals surface area contributed by atoms with Crippen molar-refractivity contribution in [3.8, 4) is 0 Å². The van der Waals surface area contributed by atoms with Crippen LogP contribution < -0.4 is 5.32 Å². The van der Waals surface area contributed by atoms with E-state index < -0.39 is 5.82 Å². The highest BCUT2D eigenvalue weighted by molar-refractivity contribution is 6.31. The number of nitrogens with one attached hydrogen (secondary N) is 1. The fourth-order valence-electron chi connectivity index (χ4n) is 2.21. The standard InChI is InChI=1S/C15H13ClFN5O/c1-8-5-9(2)22-15(18-8)20-13(21-22)7-14(23)19-10-3-4-12(17)11(16)6-10/h3-6H,7H2,1-2H3,(H,19,23). The van der Waals surface area contributed by atoms with Crippen LogP contribution in [0.1, 0.15) is 17.2 Å². The van der Waals surface area contributed by atoms with Crippen LogP contribution in [0.15, 0.2) is 24.3 Å². The zero-order chi connectivity index (χ0) is 16.6. The highest BCUT2D eigenvalue weighted by Gasteiger charge is 2.12. The Balaban J connectivity index is 1.77. The monoisotopic (exact) mass is 333 g/mol. The van der Waals surface area contributed by atoms with E-state index in [4.69, 9.17) is 11.6 Å². The molecule has 0 radical (unpaired) electrons. The Morgan fingerprint density at radius 2 is 2.09 bits per heavy atom. The molecular weight excluding hydrogens is 321 g/mol. The summed E-state index contributed by atoms with van der Waals surface area (Å²) in [7, 11) is 0. The number of aromatic nitrogens is 4. The van der Waals surface area contributed by atoms with Gasteiger partial charge in [-0.1, -0.05) is 11.6 Å². The van der Waals surface area contributed by atoms with E-state index in [1.54, 1.807) is 4.52 Å².